The molecule has 1 saturated carbocycles. The van der Waals surface area contributed by atoms with Gasteiger partial charge in [-0.2, -0.15) is 0 Å². The van der Waals surface area contributed by atoms with Crippen LogP contribution >= 0.6 is 12.4 Å². The highest BCUT2D eigenvalue weighted by atomic mass is 35.5. The molecular weight excluding hydrogens is 288 g/mol. The molecule has 0 aliphatic heterocycles. The summed E-state index contributed by atoms with van der Waals surface area (Å²) in [5.74, 6) is 1.12. The summed E-state index contributed by atoms with van der Waals surface area (Å²) >= 11 is 0. The molecule has 1 fully saturated rings. The number of nitrogens with zero attached hydrogens (tertiary/aromatic N) is 1. The van der Waals surface area contributed by atoms with E-state index in [1.54, 1.807) is 7.11 Å². The standard InChI is InChI=1S/C16H24N2O2.ClH/c1-17-11-5-8-16(19)18(14-9-10-14)12-13-6-3-4-7-15(13)20-2;/h3-4,6-7,14,17H,5,8-12H2,1-2H3;1H. The minimum atomic E-state index is 0. The van der Waals surface area contributed by atoms with Gasteiger partial charge in [0.15, 0.2) is 0 Å². The molecule has 0 spiro atoms. The lowest BCUT2D eigenvalue weighted by Crippen LogP contribution is -2.33. The highest BCUT2D eigenvalue weighted by Crippen LogP contribution is 2.31. The van der Waals surface area contributed by atoms with Gasteiger partial charge < -0.3 is 15.0 Å². The third-order valence-corrected chi connectivity index (χ3v) is 3.66. The normalized spacial score (nSPS) is 13.4. The fourth-order valence-corrected chi connectivity index (χ4v) is 2.38. The van der Waals surface area contributed by atoms with Crippen LogP contribution in [0.15, 0.2) is 24.3 Å². The predicted molar refractivity (Wildman–Crippen MR) is 87.0 cm³/mol. The number of hydrogen-bond acceptors (Lipinski definition) is 3. The number of para-hydroxylation sites is 1. The number of carbonyl (C=O) groups is 1. The zero-order valence-electron chi connectivity index (χ0n) is 12.8. The van der Waals surface area contributed by atoms with Crippen LogP contribution in [0.1, 0.15) is 31.2 Å². The number of hydrogen-bond donors (Lipinski definition) is 1. The third kappa shape index (κ3) is 5.21. The number of benzene rings is 1. The van der Waals surface area contributed by atoms with Crippen LogP contribution in [0.2, 0.25) is 0 Å². The summed E-state index contributed by atoms with van der Waals surface area (Å²) in [5, 5.41) is 3.08. The zero-order chi connectivity index (χ0) is 14.4. The first-order valence-electron chi connectivity index (χ1n) is 7.32. The summed E-state index contributed by atoms with van der Waals surface area (Å²) in [6, 6.07) is 8.37. The van der Waals surface area contributed by atoms with Crippen molar-refractivity contribution < 1.29 is 9.53 Å². The third-order valence-electron chi connectivity index (χ3n) is 3.66. The minimum absolute atomic E-state index is 0. The van der Waals surface area contributed by atoms with Gasteiger partial charge >= 0.3 is 0 Å². The van der Waals surface area contributed by atoms with E-state index in [4.69, 9.17) is 4.74 Å². The molecule has 1 aliphatic carbocycles. The number of carbonyl (C=O) groups excluding carboxylic acids is 1. The SMILES string of the molecule is CNCCCC(=O)N(Cc1ccccc1OC)C1CC1.Cl. The summed E-state index contributed by atoms with van der Waals surface area (Å²) in [4.78, 5) is 14.4. The first kappa shape index (κ1) is 17.8. The lowest BCUT2D eigenvalue weighted by molar-refractivity contribution is -0.132. The molecule has 0 bridgehead atoms. The Kier molecular flexibility index (Phi) is 7.54. The van der Waals surface area contributed by atoms with Crippen molar-refractivity contribution in [2.45, 2.75) is 38.3 Å². The fraction of sp³-hybridized carbons (Fsp3) is 0.562. The average molecular weight is 313 g/mol. The molecule has 0 aromatic heterocycles. The molecule has 0 saturated heterocycles. The first-order chi connectivity index (χ1) is 9.76. The van der Waals surface area contributed by atoms with Crippen molar-refractivity contribution in [3.63, 3.8) is 0 Å². The van der Waals surface area contributed by atoms with E-state index in [0.29, 0.717) is 19.0 Å². The topological polar surface area (TPSA) is 41.6 Å². The van der Waals surface area contributed by atoms with Gasteiger partial charge in [-0.25, -0.2) is 0 Å². The average Bonchev–Trinajstić information content (AvgIpc) is 3.29. The molecule has 21 heavy (non-hydrogen) atoms. The molecule has 1 amide bonds. The van der Waals surface area contributed by atoms with E-state index in [-0.39, 0.29) is 18.3 Å². The summed E-state index contributed by atoms with van der Waals surface area (Å²) < 4.78 is 5.38. The maximum Gasteiger partial charge on any atom is 0.223 e. The molecule has 0 radical (unpaired) electrons. The Hall–Kier alpha value is -1.26. The van der Waals surface area contributed by atoms with Crippen molar-refractivity contribution in [1.82, 2.24) is 10.2 Å². The quantitative estimate of drug-likeness (QED) is 0.750. The van der Waals surface area contributed by atoms with Gasteiger partial charge in [0.2, 0.25) is 5.91 Å². The Morgan fingerprint density at radius 2 is 2.10 bits per heavy atom. The molecule has 0 unspecified atom stereocenters. The highest BCUT2D eigenvalue weighted by molar-refractivity contribution is 5.85. The largest absolute Gasteiger partial charge is 0.496 e. The van der Waals surface area contributed by atoms with E-state index in [1.807, 2.05) is 36.2 Å². The number of amides is 1. The van der Waals surface area contributed by atoms with Crippen LogP contribution in [-0.2, 0) is 11.3 Å². The Morgan fingerprint density at radius 1 is 1.38 bits per heavy atom. The Bertz CT molecular complexity index is 450. The molecule has 1 aromatic carbocycles. The van der Waals surface area contributed by atoms with E-state index in [0.717, 1.165) is 37.1 Å². The van der Waals surface area contributed by atoms with Crippen molar-refractivity contribution in [3.05, 3.63) is 29.8 Å². The molecule has 0 atom stereocenters. The lowest BCUT2D eigenvalue weighted by Gasteiger charge is -2.23. The second-order valence-corrected chi connectivity index (χ2v) is 5.27. The van der Waals surface area contributed by atoms with Crippen LogP contribution in [0, 0.1) is 0 Å². The van der Waals surface area contributed by atoms with Crippen molar-refractivity contribution in [2.75, 3.05) is 20.7 Å². The van der Waals surface area contributed by atoms with Crippen LogP contribution in [0.25, 0.3) is 0 Å². The molecule has 1 aromatic rings. The first-order valence-corrected chi connectivity index (χ1v) is 7.32. The summed E-state index contributed by atoms with van der Waals surface area (Å²) in [6.45, 7) is 1.55. The van der Waals surface area contributed by atoms with E-state index in [9.17, 15) is 4.79 Å². The van der Waals surface area contributed by atoms with Gasteiger partial charge in [0.05, 0.1) is 7.11 Å². The monoisotopic (exact) mass is 312 g/mol. The Balaban J connectivity index is 0.00000220. The van der Waals surface area contributed by atoms with Crippen molar-refractivity contribution >= 4 is 18.3 Å². The van der Waals surface area contributed by atoms with E-state index >= 15 is 0 Å². The molecule has 2 rings (SSSR count). The van der Waals surface area contributed by atoms with E-state index < -0.39 is 0 Å². The smallest absolute Gasteiger partial charge is 0.223 e. The number of halogens is 1. The lowest BCUT2D eigenvalue weighted by atomic mass is 10.1. The van der Waals surface area contributed by atoms with Crippen LogP contribution < -0.4 is 10.1 Å². The molecule has 4 nitrogen and oxygen atoms in total. The number of rotatable bonds is 8. The number of methoxy groups -OCH3 is 1. The van der Waals surface area contributed by atoms with Gasteiger partial charge in [-0.15, -0.1) is 12.4 Å². The highest BCUT2D eigenvalue weighted by Gasteiger charge is 2.32. The van der Waals surface area contributed by atoms with E-state index in [1.165, 1.54) is 0 Å². The van der Waals surface area contributed by atoms with Gasteiger partial charge in [-0.1, -0.05) is 18.2 Å². The van der Waals surface area contributed by atoms with Gasteiger partial charge in [-0.05, 0) is 38.9 Å². The van der Waals surface area contributed by atoms with Gasteiger partial charge in [-0.3, -0.25) is 4.79 Å². The maximum atomic E-state index is 12.4. The summed E-state index contributed by atoms with van der Waals surface area (Å²) in [7, 11) is 3.59. The van der Waals surface area contributed by atoms with Gasteiger partial charge in [0.25, 0.3) is 0 Å². The van der Waals surface area contributed by atoms with Crippen molar-refractivity contribution in [2.24, 2.45) is 0 Å². The molecule has 118 valence electrons. The van der Waals surface area contributed by atoms with Crippen molar-refractivity contribution in [1.29, 1.82) is 0 Å². The summed E-state index contributed by atoms with van der Waals surface area (Å²) in [6.07, 6.45) is 3.77. The second kappa shape index (κ2) is 8.90. The van der Waals surface area contributed by atoms with Crippen molar-refractivity contribution in [3.8, 4) is 5.75 Å². The zero-order valence-corrected chi connectivity index (χ0v) is 13.6. The van der Waals surface area contributed by atoms with Crippen LogP contribution in [0.4, 0.5) is 0 Å². The minimum Gasteiger partial charge on any atom is -0.496 e. The number of nitrogens with one attached hydrogen (secondary N) is 1. The van der Waals surface area contributed by atoms with Gasteiger partial charge in [0, 0.05) is 24.6 Å². The Labute approximate surface area is 133 Å². The number of ether oxygens (including phenoxy) is 1. The fourth-order valence-electron chi connectivity index (χ4n) is 2.38. The molecule has 0 heterocycles. The molecule has 5 heteroatoms. The summed E-state index contributed by atoms with van der Waals surface area (Å²) in [5.41, 5.74) is 1.09. The predicted octanol–water partition coefficient (Wildman–Crippen LogP) is 2.61. The second-order valence-electron chi connectivity index (χ2n) is 5.27. The van der Waals surface area contributed by atoms with E-state index in [2.05, 4.69) is 5.32 Å². The molecule has 1 N–H and O–H groups in total. The maximum absolute atomic E-state index is 12.4. The van der Waals surface area contributed by atoms with Crippen LogP contribution in [0.3, 0.4) is 0 Å². The van der Waals surface area contributed by atoms with Gasteiger partial charge in [0.1, 0.15) is 5.75 Å². The Morgan fingerprint density at radius 3 is 2.71 bits per heavy atom. The molecule has 1 aliphatic rings. The van der Waals surface area contributed by atoms with Crippen LogP contribution in [-0.4, -0.2) is 37.6 Å². The molecular formula is C16H25ClN2O2. The van der Waals surface area contributed by atoms with Crippen LogP contribution in [0.5, 0.6) is 5.75 Å².